The van der Waals surface area contributed by atoms with E-state index in [9.17, 15) is 8.42 Å². The molecule has 0 atom stereocenters. The fraction of sp³-hybridized carbons (Fsp3) is 0.400. The minimum absolute atomic E-state index is 0.171. The van der Waals surface area contributed by atoms with Crippen LogP contribution in [-0.2, 0) is 16.4 Å². The van der Waals surface area contributed by atoms with Crippen molar-refractivity contribution in [1.29, 1.82) is 0 Å². The van der Waals surface area contributed by atoms with Gasteiger partial charge in [-0.1, -0.05) is 30.7 Å². The van der Waals surface area contributed by atoms with Crippen LogP contribution in [0.25, 0.3) is 10.6 Å². The molecule has 0 saturated carbocycles. The Hall–Kier alpha value is -0.950. The van der Waals surface area contributed by atoms with Gasteiger partial charge in [0, 0.05) is 22.0 Å². The lowest BCUT2D eigenvalue weighted by molar-refractivity contribution is 0.580. The van der Waals surface area contributed by atoms with Crippen LogP contribution >= 0.6 is 22.9 Å². The van der Waals surface area contributed by atoms with Crippen LogP contribution in [0.15, 0.2) is 24.3 Å². The summed E-state index contributed by atoms with van der Waals surface area (Å²) >= 11 is 7.48. The van der Waals surface area contributed by atoms with E-state index in [0.717, 1.165) is 21.1 Å². The largest absolute Gasteiger partial charge is 0.241 e. The highest BCUT2D eigenvalue weighted by molar-refractivity contribution is 7.89. The van der Waals surface area contributed by atoms with Crippen molar-refractivity contribution in [2.75, 3.05) is 12.3 Å². The van der Waals surface area contributed by atoms with E-state index in [-0.39, 0.29) is 5.75 Å². The maximum Gasteiger partial charge on any atom is 0.211 e. The summed E-state index contributed by atoms with van der Waals surface area (Å²) in [6.07, 6.45) is 1.27. The monoisotopic (exact) mass is 358 g/mol. The van der Waals surface area contributed by atoms with Gasteiger partial charge in [0.2, 0.25) is 10.0 Å². The number of rotatable bonds is 7. The third kappa shape index (κ3) is 4.78. The average molecular weight is 359 g/mol. The number of benzene rings is 1. The maximum absolute atomic E-state index is 11.6. The molecule has 7 heteroatoms. The Morgan fingerprint density at radius 2 is 1.95 bits per heavy atom. The normalized spacial score (nSPS) is 11.8. The first-order valence-corrected chi connectivity index (χ1v) is 9.95. The first-order chi connectivity index (χ1) is 10.4. The Morgan fingerprint density at radius 3 is 2.59 bits per heavy atom. The number of thiazole rings is 1. The van der Waals surface area contributed by atoms with Gasteiger partial charge in [-0.3, -0.25) is 0 Å². The smallest absolute Gasteiger partial charge is 0.211 e. The van der Waals surface area contributed by atoms with Gasteiger partial charge < -0.3 is 0 Å². The molecule has 0 aliphatic rings. The Morgan fingerprint density at radius 1 is 1.27 bits per heavy atom. The third-order valence-corrected chi connectivity index (χ3v) is 6.24. The summed E-state index contributed by atoms with van der Waals surface area (Å²) in [5, 5.41) is 1.63. The van der Waals surface area contributed by atoms with E-state index in [0.29, 0.717) is 24.4 Å². The van der Waals surface area contributed by atoms with Crippen molar-refractivity contribution in [3.05, 3.63) is 39.9 Å². The summed E-state index contributed by atoms with van der Waals surface area (Å²) in [6, 6.07) is 7.56. The number of hydrogen-bond donors (Lipinski definition) is 1. The molecule has 2 aromatic rings. The summed E-state index contributed by atoms with van der Waals surface area (Å²) in [7, 11) is -3.15. The van der Waals surface area contributed by atoms with E-state index < -0.39 is 10.0 Å². The quantitative estimate of drug-likeness (QED) is 0.821. The van der Waals surface area contributed by atoms with Crippen molar-refractivity contribution in [2.24, 2.45) is 0 Å². The first kappa shape index (κ1) is 17.4. The van der Waals surface area contributed by atoms with E-state index in [1.54, 1.807) is 11.3 Å². The molecule has 0 radical (unpaired) electrons. The Balaban J connectivity index is 2.03. The molecule has 1 aromatic heterocycles. The van der Waals surface area contributed by atoms with Crippen LogP contribution < -0.4 is 4.72 Å². The number of halogens is 1. The molecule has 0 bridgehead atoms. The van der Waals surface area contributed by atoms with E-state index >= 15 is 0 Å². The fourth-order valence-corrected chi connectivity index (χ4v) is 4.33. The molecule has 1 heterocycles. The zero-order chi connectivity index (χ0) is 16.2. The maximum atomic E-state index is 11.6. The van der Waals surface area contributed by atoms with E-state index in [2.05, 4.69) is 9.71 Å². The zero-order valence-corrected chi connectivity index (χ0v) is 15.0. The van der Waals surface area contributed by atoms with Crippen molar-refractivity contribution in [1.82, 2.24) is 9.71 Å². The highest BCUT2D eigenvalue weighted by Gasteiger charge is 2.12. The van der Waals surface area contributed by atoms with Crippen LogP contribution in [0.5, 0.6) is 0 Å². The molecule has 0 unspecified atom stereocenters. The summed E-state index contributed by atoms with van der Waals surface area (Å²) in [5.74, 6) is 0.171. The Kier molecular flexibility index (Phi) is 5.97. The standard InChI is InChI=1S/C15H19ClN2O2S2/c1-3-10-22(19,20)17-9-8-14-11(2)18-15(21-14)12-4-6-13(16)7-5-12/h4-7,17H,3,8-10H2,1-2H3. The first-order valence-electron chi connectivity index (χ1n) is 7.11. The second-order valence-corrected chi connectivity index (χ2v) is 8.44. The van der Waals surface area contributed by atoms with Gasteiger partial charge >= 0.3 is 0 Å². The number of nitrogens with one attached hydrogen (secondary N) is 1. The SMILES string of the molecule is CCCS(=O)(=O)NCCc1sc(-c2ccc(Cl)cc2)nc1C. The highest BCUT2D eigenvalue weighted by atomic mass is 35.5. The number of aryl methyl sites for hydroxylation is 1. The van der Waals surface area contributed by atoms with Crippen molar-refractivity contribution in [3.63, 3.8) is 0 Å². The number of aromatic nitrogens is 1. The number of nitrogens with zero attached hydrogens (tertiary/aromatic N) is 1. The average Bonchev–Trinajstić information content (AvgIpc) is 2.81. The molecule has 1 N–H and O–H groups in total. The third-order valence-electron chi connectivity index (χ3n) is 3.13. The summed E-state index contributed by atoms with van der Waals surface area (Å²) in [4.78, 5) is 5.66. The van der Waals surface area contributed by atoms with Gasteiger partial charge in [0.15, 0.2) is 0 Å². The predicted molar refractivity (Wildman–Crippen MR) is 93.1 cm³/mol. The topological polar surface area (TPSA) is 59.1 Å². The lowest BCUT2D eigenvalue weighted by Gasteiger charge is -2.04. The van der Waals surface area contributed by atoms with Gasteiger partial charge in [-0.05, 0) is 31.9 Å². The second kappa shape index (κ2) is 7.55. The minimum Gasteiger partial charge on any atom is -0.241 e. The summed E-state index contributed by atoms with van der Waals surface area (Å²) < 4.78 is 25.9. The van der Waals surface area contributed by atoms with Crippen molar-refractivity contribution >= 4 is 33.0 Å². The van der Waals surface area contributed by atoms with Crippen LogP contribution in [0.4, 0.5) is 0 Å². The second-order valence-electron chi connectivity index (χ2n) is 5.00. The van der Waals surface area contributed by atoms with Gasteiger partial charge in [-0.15, -0.1) is 11.3 Å². The highest BCUT2D eigenvalue weighted by Crippen LogP contribution is 2.28. The molecule has 0 aliphatic carbocycles. The van der Waals surface area contributed by atoms with Crippen molar-refractivity contribution < 1.29 is 8.42 Å². The van der Waals surface area contributed by atoms with E-state index in [1.807, 2.05) is 38.1 Å². The lowest BCUT2D eigenvalue weighted by Crippen LogP contribution is -2.28. The lowest BCUT2D eigenvalue weighted by atomic mass is 10.2. The van der Waals surface area contributed by atoms with Gasteiger partial charge in [0.25, 0.3) is 0 Å². The number of sulfonamides is 1. The molecule has 22 heavy (non-hydrogen) atoms. The van der Waals surface area contributed by atoms with Gasteiger partial charge in [-0.25, -0.2) is 18.1 Å². The Bertz CT molecular complexity index is 725. The van der Waals surface area contributed by atoms with Crippen LogP contribution in [0.2, 0.25) is 5.02 Å². The molecular formula is C15H19ClN2O2S2. The van der Waals surface area contributed by atoms with Crippen molar-refractivity contribution in [2.45, 2.75) is 26.7 Å². The molecule has 0 amide bonds. The van der Waals surface area contributed by atoms with Crippen LogP contribution in [0.1, 0.15) is 23.9 Å². The number of hydrogen-bond acceptors (Lipinski definition) is 4. The van der Waals surface area contributed by atoms with Crippen LogP contribution in [0.3, 0.4) is 0 Å². The van der Waals surface area contributed by atoms with Gasteiger partial charge in [0.1, 0.15) is 5.01 Å². The molecular weight excluding hydrogens is 340 g/mol. The summed E-state index contributed by atoms with van der Waals surface area (Å²) in [5.41, 5.74) is 1.97. The molecule has 0 aliphatic heterocycles. The minimum atomic E-state index is -3.15. The molecule has 0 fully saturated rings. The zero-order valence-electron chi connectivity index (χ0n) is 12.6. The van der Waals surface area contributed by atoms with Crippen LogP contribution in [0, 0.1) is 6.92 Å². The molecule has 120 valence electrons. The summed E-state index contributed by atoms with van der Waals surface area (Å²) in [6.45, 7) is 4.21. The van der Waals surface area contributed by atoms with E-state index in [4.69, 9.17) is 11.6 Å². The van der Waals surface area contributed by atoms with E-state index in [1.165, 1.54) is 0 Å². The van der Waals surface area contributed by atoms with Gasteiger partial charge in [-0.2, -0.15) is 0 Å². The predicted octanol–water partition coefficient (Wildman–Crippen LogP) is 3.64. The molecule has 1 aromatic carbocycles. The Labute approximate surface area is 140 Å². The molecule has 2 rings (SSSR count). The fourth-order valence-electron chi connectivity index (χ4n) is 2.04. The van der Waals surface area contributed by atoms with Crippen LogP contribution in [-0.4, -0.2) is 25.7 Å². The molecule has 0 spiro atoms. The molecule has 4 nitrogen and oxygen atoms in total. The van der Waals surface area contributed by atoms with Crippen molar-refractivity contribution in [3.8, 4) is 10.6 Å². The van der Waals surface area contributed by atoms with Gasteiger partial charge in [0.05, 0.1) is 11.4 Å². The molecule has 0 saturated heterocycles.